The molecule has 0 saturated carbocycles. The molecule has 0 radical (unpaired) electrons. The van der Waals surface area contributed by atoms with Crippen LogP contribution in [0.2, 0.25) is 0 Å². The highest BCUT2D eigenvalue weighted by Crippen LogP contribution is 2.39. The van der Waals surface area contributed by atoms with Crippen LogP contribution in [-0.4, -0.2) is 10.7 Å². The van der Waals surface area contributed by atoms with E-state index in [0.29, 0.717) is 12.0 Å². The van der Waals surface area contributed by atoms with Crippen molar-refractivity contribution in [3.63, 3.8) is 0 Å². The zero-order chi connectivity index (χ0) is 22.9. The summed E-state index contributed by atoms with van der Waals surface area (Å²) in [7, 11) is 0. The standard InChI is InChI=1S/C30H23N3O/c34-30-29(28(22-14-6-2-7-15-22)24-18-10-11-19-25(24)31-30)26-20-27(21-12-4-1-5-13-21)33(32-26)23-16-8-3-9-17-23/h1-19,27H,20H2,(H,31,34). The Morgan fingerprint density at radius 3 is 2.06 bits per heavy atom. The maximum atomic E-state index is 13.5. The van der Waals surface area contributed by atoms with Crippen LogP contribution in [0.4, 0.5) is 5.69 Å². The molecule has 1 aliphatic rings. The number of aromatic nitrogens is 1. The Morgan fingerprint density at radius 1 is 0.706 bits per heavy atom. The van der Waals surface area contributed by atoms with Crippen LogP contribution in [-0.2, 0) is 0 Å². The topological polar surface area (TPSA) is 48.5 Å². The predicted octanol–water partition coefficient (Wildman–Crippen LogP) is 6.55. The molecule has 0 saturated heterocycles. The second-order valence-corrected chi connectivity index (χ2v) is 8.47. The molecule has 0 aliphatic carbocycles. The van der Waals surface area contributed by atoms with E-state index in [9.17, 15) is 4.79 Å². The average Bonchev–Trinajstić information content (AvgIpc) is 3.34. The summed E-state index contributed by atoms with van der Waals surface area (Å²) in [5, 5.41) is 8.13. The van der Waals surface area contributed by atoms with Crippen molar-refractivity contribution in [2.24, 2.45) is 5.10 Å². The molecular formula is C30H23N3O. The van der Waals surface area contributed by atoms with Gasteiger partial charge in [0.25, 0.3) is 5.56 Å². The van der Waals surface area contributed by atoms with E-state index in [1.807, 2.05) is 65.7 Å². The van der Waals surface area contributed by atoms with Gasteiger partial charge < -0.3 is 4.98 Å². The number of hydrazone groups is 1. The molecule has 1 atom stereocenters. The lowest BCUT2D eigenvalue weighted by Gasteiger charge is -2.23. The molecule has 0 fully saturated rings. The van der Waals surface area contributed by atoms with Crippen LogP contribution in [0.3, 0.4) is 0 Å². The van der Waals surface area contributed by atoms with Crippen LogP contribution < -0.4 is 10.6 Å². The number of anilines is 1. The normalized spacial score (nSPS) is 15.5. The first-order valence-corrected chi connectivity index (χ1v) is 11.5. The highest BCUT2D eigenvalue weighted by atomic mass is 16.1. The molecule has 4 heteroatoms. The smallest absolute Gasteiger partial charge is 0.258 e. The molecule has 1 aliphatic heterocycles. The van der Waals surface area contributed by atoms with Crippen molar-refractivity contribution in [1.82, 2.24) is 4.98 Å². The van der Waals surface area contributed by atoms with Gasteiger partial charge in [-0.05, 0) is 29.3 Å². The third-order valence-corrected chi connectivity index (χ3v) is 6.39. The number of hydrogen-bond acceptors (Lipinski definition) is 3. The first-order valence-electron chi connectivity index (χ1n) is 11.5. The maximum Gasteiger partial charge on any atom is 0.258 e. The molecule has 0 amide bonds. The summed E-state index contributed by atoms with van der Waals surface area (Å²) in [6, 6.07) is 38.6. The second kappa shape index (κ2) is 8.49. The quantitative estimate of drug-likeness (QED) is 0.344. The van der Waals surface area contributed by atoms with Crippen LogP contribution in [0.15, 0.2) is 125 Å². The molecular weight excluding hydrogens is 418 g/mol. The molecule has 164 valence electrons. The summed E-state index contributed by atoms with van der Waals surface area (Å²) < 4.78 is 0. The van der Waals surface area contributed by atoms with E-state index in [4.69, 9.17) is 5.10 Å². The first-order chi connectivity index (χ1) is 16.8. The Labute approximate surface area is 197 Å². The van der Waals surface area contributed by atoms with Crippen LogP contribution in [0.5, 0.6) is 0 Å². The molecule has 0 bridgehead atoms. The van der Waals surface area contributed by atoms with Gasteiger partial charge in [-0.1, -0.05) is 97.1 Å². The number of aromatic amines is 1. The molecule has 5 aromatic rings. The third-order valence-electron chi connectivity index (χ3n) is 6.39. The molecule has 1 N–H and O–H groups in total. The first kappa shape index (κ1) is 20.2. The van der Waals surface area contributed by atoms with E-state index >= 15 is 0 Å². The molecule has 6 rings (SSSR count). The molecule has 4 nitrogen and oxygen atoms in total. The van der Waals surface area contributed by atoms with Gasteiger partial charge in [0.15, 0.2) is 0 Å². The highest BCUT2D eigenvalue weighted by Gasteiger charge is 2.32. The zero-order valence-corrected chi connectivity index (χ0v) is 18.6. The van der Waals surface area contributed by atoms with Gasteiger partial charge in [0.05, 0.1) is 23.0 Å². The fourth-order valence-electron chi connectivity index (χ4n) is 4.84. The summed E-state index contributed by atoms with van der Waals surface area (Å²) in [5.74, 6) is 0. The number of pyridine rings is 1. The van der Waals surface area contributed by atoms with E-state index in [1.54, 1.807) is 0 Å². The fourth-order valence-corrected chi connectivity index (χ4v) is 4.84. The Hall–Kier alpha value is -4.44. The second-order valence-electron chi connectivity index (χ2n) is 8.47. The number of nitrogens with one attached hydrogen (secondary N) is 1. The SMILES string of the molecule is O=c1[nH]c2ccccc2c(-c2ccccc2)c1C1=NN(c2ccccc2)C(c2ccccc2)C1. The van der Waals surface area contributed by atoms with Gasteiger partial charge >= 0.3 is 0 Å². The number of H-pyrrole nitrogens is 1. The Morgan fingerprint density at radius 2 is 1.32 bits per heavy atom. The number of hydrogen-bond donors (Lipinski definition) is 1. The lowest BCUT2D eigenvalue weighted by atomic mass is 9.91. The summed E-state index contributed by atoms with van der Waals surface area (Å²) in [6.45, 7) is 0. The molecule has 1 aromatic heterocycles. The van der Waals surface area contributed by atoms with E-state index < -0.39 is 0 Å². The van der Waals surface area contributed by atoms with Gasteiger partial charge in [-0.15, -0.1) is 0 Å². The molecule has 34 heavy (non-hydrogen) atoms. The van der Waals surface area contributed by atoms with Crippen molar-refractivity contribution in [2.75, 3.05) is 5.01 Å². The monoisotopic (exact) mass is 441 g/mol. The van der Waals surface area contributed by atoms with Crippen LogP contribution in [0, 0.1) is 0 Å². The van der Waals surface area contributed by atoms with Crippen molar-refractivity contribution in [3.05, 3.63) is 137 Å². The van der Waals surface area contributed by atoms with Gasteiger partial charge in [0.1, 0.15) is 0 Å². The third kappa shape index (κ3) is 3.50. The summed E-state index contributed by atoms with van der Waals surface area (Å²) in [6.07, 6.45) is 0.639. The minimum Gasteiger partial charge on any atom is -0.321 e. The van der Waals surface area contributed by atoms with E-state index in [-0.39, 0.29) is 11.6 Å². The van der Waals surface area contributed by atoms with Crippen LogP contribution in [0.1, 0.15) is 23.6 Å². The number of benzene rings is 4. The van der Waals surface area contributed by atoms with Gasteiger partial charge in [-0.25, -0.2) is 0 Å². The zero-order valence-electron chi connectivity index (χ0n) is 18.6. The van der Waals surface area contributed by atoms with Gasteiger partial charge in [-0.2, -0.15) is 5.10 Å². The van der Waals surface area contributed by atoms with Crippen LogP contribution in [0.25, 0.3) is 22.0 Å². The maximum absolute atomic E-state index is 13.5. The van der Waals surface area contributed by atoms with Crippen molar-refractivity contribution in [3.8, 4) is 11.1 Å². The lowest BCUT2D eigenvalue weighted by molar-refractivity contribution is 0.709. The minimum absolute atomic E-state index is 0.00749. The van der Waals surface area contributed by atoms with E-state index in [0.717, 1.165) is 33.4 Å². The van der Waals surface area contributed by atoms with Gasteiger partial charge in [0, 0.05) is 22.9 Å². The molecule has 2 heterocycles. The average molecular weight is 442 g/mol. The van der Waals surface area contributed by atoms with Gasteiger partial charge in [0.2, 0.25) is 0 Å². The minimum atomic E-state index is -0.113. The molecule has 1 unspecified atom stereocenters. The molecule has 4 aromatic carbocycles. The van der Waals surface area contributed by atoms with E-state index in [2.05, 4.69) is 59.6 Å². The highest BCUT2D eigenvalue weighted by molar-refractivity contribution is 6.13. The number of rotatable bonds is 4. The Balaban J connectivity index is 1.59. The Bertz CT molecular complexity index is 1540. The summed E-state index contributed by atoms with van der Waals surface area (Å²) in [5.41, 5.74) is 6.27. The molecule has 0 spiro atoms. The van der Waals surface area contributed by atoms with Crippen molar-refractivity contribution in [2.45, 2.75) is 12.5 Å². The number of para-hydroxylation sites is 2. The van der Waals surface area contributed by atoms with Gasteiger partial charge in [-0.3, -0.25) is 9.80 Å². The van der Waals surface area contributed by atoms with Crippen LogP contribution >= 0.6 is 0 Å². The lowest BCUT2D eigenvalue weighted by Crippen LogP contribution is -2.20. The Kier molecular flexibility index (Phi) is 5.04. The van der Waals surface area contributed by atoms with Crippen molar-refractivity contribution < 1.29 is 0 Å². The largest absolute Gasteiger partial charge is 0.321 e. The number of fused-ring (bicyclic) bond motifs is 1. The number of nitrogens with zero attached hydrogens (tertiary/aromatic N) is 2. The summed E-state index contributed by atoms with van der Waals surface area (Å²) in [4.78, 5) is 16.6. The van der Waals surface area contributed by atoms with Crippen molar-refractivity contribution >= 4 is 22.3 Å². The predicted molar refractivity (Wildman–Crippen MR) is 139 cm³/mol. The van der Waals surface area contributed by atoms with Crippen molar-refractivity contribution in [1.29, 1.82) is 0 Å². The summed E-state index contributed by atoms with van der Waals surface area (Å²) >= 11 is 0. The van der Waals surface area contributed by atoms with E-state index in [1.165, 1.54) is 5.56 Å². The fraction of sp³-hybridized carbons (Fsp3) is 0.0667.